The highest BCUT2D eigenvalue weighted by atomic mass is 32.2. The minimum absolute atomic E-state index is 0.250. The maximum Gasteiger partial charge on any atom is 0.261 e. The van der Waals surface area contributed by atoms with E-state index in [-0.39, 0.29) is 6.61 Å². The zero-order valence-electron chi connectivity index (χ0n) is 8.16. The molecule has 14 heavy (non-hydrogen) atoms. The number of hydrogen-bond donors (Lipinski definition) is 2. The van der Waals surface area contributed by atoms with Crippen molar-refractivity contribution in [3.8, 4) is 0 Å². The molecule has 0 aliphatic carbocycles. The molecule has 1 aromatic heterocycles. The number of aromatic nitrogens is 1. The van der Waals surface area contributed by atoms with Crippen molar-refractivity contribution >= 4 is 10.1 Å². The van der Waals surface area contributed by atoms with Crippen LogP contribution in [0.25, 0.3) is 0 Å². The fraction of sp³-hybridized carbons (Fsp3) is 0.375. The Balaban J connectivity index is 0. The maximum atomic E-state index is 9.19. The van der Waals surface area contributed by atoms with Crippen LogP contribution in [0, 0.1) is 0 Å². The molecule has 0 amide bonds. The van der Waals surface area contributed by atoms with Crippen molar-refractivity contribution in [2.45, 2.75) is 6.92 Å². The molecule has 0 aromatic carbocycles. The molecule has 0 aliphatic heterocycles. The highest BCUT2D eigenvalue weighted by Crippen LogP contribution is 1.73. The average Bonchev–Trinajstić information content (AvgIpc) is 2.06. The Labute approximate surface area is 84.2 Å². The Bertz CT molecular complexity index is 251. The summed E-state index contributed by atoms with van der Waals surface area (Å²) < 4.78 is 25.9. The van der Waals surface area contributed by atoms with Crippen LogP contribution < -0.4 is 0 Å². The largest absolute Gasteiger partial charge is 0.397 e. The molecule has 0 fully saturated rings. The molecule has 1 heterocycles. The van der Waals surface area contributed by atoms with Gasteiger partial charge in [0.25, 0.3) is 10.1 Å². The molecule has 0 radical (unpaired) electrons. The third-order valence-corrected chi connectivity index (χ3v) is 0.566. The molecule has 1 aromatic rings. The van der Waals surface area contributed by atoms with Gasteiger partial charge in [-0.1, -0.05) is 6.07 Å². The monoisotopic (exact) mass is 221 g/mol. The highest BCUT2D eigenvalue weighted by Gasteiger charge is 1.81. The van der Waals surface area contributed by atoms with Crippen molar-refractivity contribution in [2.24, 2.45) is 0 Å². The summed E-state index contributed by atoms with van der Waals surface area (Å²) in [6.45, 7) is 1.93. The predicted octanol–water partition coefficient (Wildman–Crippen LogP) is 0.584. The molecule has 6 heteroatoms. The second-order valence-electron chi connectivity index (χ2n) is 2.07. The Morgan fingerprint density at radius 2 is 1.50 bits per heavy atom. The van der Waals surface area contributed by atoms with Gasteiger partial charge < -0.3 is 5.11 Å². The second-order valence-corrected chi connectivity index (χ2v) is 3.54. The molecular formula is C8H15NO4S. The van der Waals surface area contributed by atoms with Gasteiger partial charge in [-0.05, 0) is 19.1 Å². The zero-order valence-corrected chi connectivity index (χ0v) is 8.98. The standard InChI is InChI=1S/C5H5N.C2H6O.CH4O3S/c1-2-4-6-5-3-1;1-2-3;1-5(2,3)4/h1-5H;3H,2H2,1H3;1H3,(H,2,3,4). The van der Waals surface area contributed by atoms with E-state index in [4.69, 9.17) is 9.66 Å². The second kappa shape index (κ2) is 10.1. The lowest BCUT2D eigenvalue weighted by Crippen LogP contribution is -1.88. The summed E-state index contributed by atoms with van der Waals surface area (Å²) in [5.74, 6) is 0. The minimum atomic E-state index is -3.67. The Kier molecular flexibility index (Phi) is 11.2. The van der Waals surface area contributed by atoms with Crippen molar-refractivity contribution in [2.75, 3.05) is 12.9 Å². The van der Waals surface area contributed by atoms with Crippen molar-refractivity contribution < 1.29 is 18.1 Å². The van der Waals surface area contributed by atoms with Crippen LogP contribution >= 0.6 is 0 Å². The van der Waals surface area contributed by atoms with Crippen LogP contribution in [-0.4, -0.2) is 35.9 Å². The number of aliphatic hydroxyl groups is 1. The zero-order chi connectivity index (χ0) is 11.4. The first-order chi connectivity index (χ1) is 6.41. The maximum absolute atomic E-state index is 9.19. The van der Waals surface area contributed by atoms with Crippen LogP contribution in [0.15, 0.2) is 30.6 Å². The van der Waals surface area contributed by atoms with Crippen molar-refractivity contribution in [3.63, 3.8) is 0 Å². The van der Waals surface area contributed by atoms with E-state index < -0.39 is 10.1 Å². The molecule has 0 aliphatic rings. The Hall–Kier alpha value is -0.980. The highest BCUT2D eigenvalue weighted by molar-refractivity contribution is 7.85. The molecule has 0 saturated heterocycles. The molecule has 82 valence electrons. The summed E-state index contributed by atoms with van der Waals surface area (Å²) in [4.78, 5) is 3.78. The first kappa shape index (κ1) is 15.5. The third kappa shape index (κ3) is 43.9. The molecular weight excluding hydrogens is 206 g/mol. The number of aliphatic hydroxyl groups excluding tert-OH is 1. The number of rotatable bonds is 0. The van der Waals surface area contributed by atoms with Crippen molar-refractivity contribution in [3.05, 3.63) is 30.6 Å². The lowest BCUT2D eigenvalue weighted by atomic mass is 10.5. The van der Waals surface area contributed by atoms with Gasteiger partial charge in [0.1, 0.15) is 0 Å². The summed E-state index contributed by atoms with van der Waals surface area (Å²) in [5, 5.41) is 7.57. The quantitative estimate of drug-likeness (QED) is 0.626. The van der Waals surface area contributed by atoms with Gasteiger partial charge in [0.05, 0.1) is 6.26 Å². The molecule has 0 saturated carbocycles. The SMILES string of the molecule is CCO.CS(=O)(=O)O.c1ccncc1. The summed E-state index contributed by atoms with van der Waals surface area (Å²) >= 11 is 0. The number of nitrogens with zero attached hydrogens (tertiary/aromatic N) is 1. The summed E-state index contributed by atoms with van der Waals surface area (Å²) in [6.07, 6.45) is 4.22. The molecule has 0 spiro atoms. The fourth-order valence-corrected chi connectivity index (χ4v) is 0.313. The van der Waals surface area contributed by atoms with Crippen LogP contribution in [0.3, 0.4) is 0 Å². The van der Waals surface area contributed by atoms with Gasteiger partial charge in [-0.3, -0.25) is 9.54 Å². The smallest absolute Gasteiger partial charge is 0.261 e. The average molecular weight is 221 g/mol. The topological polar surface area (TPSA) is 87.5 Å². The Morgan fingerprint density at radius 1 is 1.21 bits per heavy atom. The summed E-state index contributed by atoms with van der Waals surface area (Å²) in [7, 11) is -3.67. The van der Waals surface area contributed by atoms with Crippen molar-refractivity contribution in [1.82, 2.24) is 4.98 Å². The summed E-state index contributed by atoms with van der Waals surface area (Å²) in [5.41, 5.74) is 0. The molecule has 0 bridgehead atoms. The van der Waals surface area contributed by atoms with E-state index in [0.717, 1.165) is 0 Å². The van der Waals surface area contributed by atoms with Gasteiger partial charge in [-0.25, -0.2) is 0 Å². The van der Waals surface area contributed by atoms with Gasteiger partial charge in [-0.15, -0.1) is 0 Å². The molecule has 5 nitrogen and oxygen atoms in total. The van der Waals surface area contributed by atoms with Gasteiger partial charge in [0.15, 0.2) is 0 Å². The number of pyridine rings is 1. The molecule has 0 unspecified atom stereocenters. The summed E-state index contributed by atoms with van der Waals surface area (Å²) in [6, 6.07) is 5.72. The van der Waals surface area contributed by atoms with Crippen LogP contribution in [-0.2, 0) is 10.1 Å². The van der Waals surface area contributed by atoms with E-state index in [1.54, 1.807) is 19.3 Å². The van der Waals surface area contributed by atoms with Gasteiger partial charge in [0.2, 0.25) is 0 Å². The van der Waals surface area contributed by atoms with E-state index in [9.17, 15) is 8.42 Å². The lowest BCUT2D eigenvalue weighted by molar-refractivity contribution is 0.318. The number of hydrogen-bond acceptors (Lipinski definition) is 4. The minimum Gasteiger partial charge on any atom is -0.397 e. The van der Waals surface area contributed by atoms with Crippen LogP contribution in [0.5, 0.6) is 0 Å². The van der Waals surface area contributed by atoms with E-state index in [0.29, 0.717) is 6.26 Å². The van der Waals surface area contributed by atoms with Gasteiger partial charge in [0, 0.05) is 19.0 Å². The fourth-order valence-electron chi connectivity index (χ4n) is 0.313. The van der Waals surface area contributed by atoms with Crippen molar-refractivity contribution in [1.29, 1.82) is 0 Å². The van der Waals surface area contributed by atoms with E-state index in [1.165, 1.54) is 0 Å². The van der Waals surface area contributed by atoms with E-state index in [2.05, 4.69) is 4.98 Å². The van der Waals surface area contributed by atoms with E-state index >= 15 is 0 Å². The normalized spacial score (nSPS) is 8.86. The van der Waals surface area contributed by atoms with Crippen LogP contribution in [0.4, 0.5) is 0 Å². The van der Waals surface area contributed by atoms with Crippen LogP contribution in [0.2, 0.25) is 0 Å². The van der Waals surface area contributed by atoms with E-state index in [1.807, 2.05) is 18.2 Å². The van der Waals surface area contributed by atoms with Crippen LogP contribution in [0.1, 0.15) is 6.92 Å². The molecule has 1 rings (SSSR count). The first-order valence-electron chi connectivity index (χ1n) is 3.80. The Morgan fingerprint density at radius 3 is 1.57 bits per heavy atom. The lowest BCUT2D eigenvalue weighted by Gasteiger charge is -1.70. The molecule has 2 N–H and O–H groups in total. The predicted molar refractivity (Wildman–Crippen MR) is 54.5 cm³/mol. The van der Waals surface area contributed by atoms with Gasteiger partial charge >= 0.3 is 0 Å². The molecule has 0 atom stereocenters. The third-order valence-electron chi connectivity index (χ3n) is 0.566. The first-order valence-corrected chi connectivity index (χ1v) is 5.65. The van der Waals surface area contributed by atoms with Gasteiger partial charge in [-0.2, -0.15) is 8.42 Å².